The first-order valence-corrected chi connectivity index (χ1v) is 8.87. The number of urea groups is 1. The summed E-state index contributed by atoms with van der Waals surface area (Å²) in [4.78, 5) is 18.2. The lowest BCUT2D eigenvalue weighted by molar-refractivity contribution is 0.127. The molecule has 0 bridgehead atoms. The van der Waals surface area contributed by atoms with Gasteiger partial charge in [-0.1, -0.05) is 36.2 Å². The number of hydrogen-bond acceptors (Lipinski definition) is 4. The summed E-state index contributed by atoms with van der Waals surface area (Å²) < 4.78 is 5.95. The van der Waals surface area contributed by atoms with E-state index in [9.17, 15) is 4.79 Å². The molecule has 1 aliphatic heterocycles. The molecule has 0 aliphatic carbocycles. The first-order valence-electron chi connectivity index (χ1n) is 8.87. The van der Waals surface area contributed by atoms with Crippen LogP contribution in [0.2, 0.25) is 0 Å². The van der Waals surface area contributed by atoms with Crippen molar-refractivity contribution in [2.24, 2.45) is 0 Å². The maximum Gasteiger partial charge on any atom is 0.314 e. The fourth-order valence-corrected chi connectivity index (χ4v) is 3.21. The van der Waals surface area contributed by atoms with Crippen LogP contribution < -0.4 is 10.6 Å². The van der Waals surface area contributed by atoms with Gasteiger partial charge < -0.3 is 15.1 Å². The van der Waals surface area contributed by atoms with Crippen LogP contribution in [0.25, 0.3) is 11.3 Å². The summed E-state index contributed by atoms with van der Waals surface area (Å²) in [7, 11) is 1.63. The van der Waals surface area contributed by atoms with E-state index in [-0.39, 0.29) is 6.03 Å². The SMILES string of the molecule is CNC(=O)NCC1CCCCN1Cc1ncc(-c2ccc(C)cc2)o1. The summed E-state index contributed by atoms with van der Waals surface area (Å²) in [5, 5.41) is 5.51. The third kappa shape index (κ3) is 4.60. The fraction of sp³-hybridized carbons (Fsp3) is 0.474. The van der Waals surface area contributed by atoms with Crippen molar-refractivity contribution in [2.75, 3.05) is 20.1 Å². The monoisotopic (exact) mass is 342 g/mol. The van der Waals surface area contributed by atoms with E-state index >= 15 is 0 Å². The Morgan fingerprint density at radius 3 is 2.88 bits per heavy atom. The van der Waals surface area contributed by atoms with Crippen molar-refractivity contribution in [3.05, 3.63) is 41.9 Å². The number of aryl methyl sites for hydroxylation is 1. The number of oxazole rings is 1. The Labute approximate surface area is 148 Å². The minimum Gasteiger partial charge on any atom is -0.439 e. The molecule has 1 atom stereocenters. The van der Waals surface area contributed by atoms with Crippen LogP contribution in [0.4, 0.5) is 4.79 Å². The number of nitrogens with one attached hydrogen (secondary N) is 2. The number of aromatic nitrogens is 1. The fourth-order valence-electron chi connectivity index (χ4n) is 3.21. The molecule has 1 aliphatic rings. The lowest BCUT2D eigenvalue weighted by Crippen LogP contribution is -2.47. The van der Waals surface area contributed by atoms with Gasteiger partial charge in [0.2, 0.25) is 5.89 Å². The Hall–Kier alpha value is -2.34. The summed E-state index contributed by atoms with van der Waals surface area (Å²) >= 11 is 0. The quantitative estimate of drug-likeness (QED) is 0.876. The Bertz CT molecular complexity index is 696. The zero-order valence-corrected chi connectivity index (χ0v) is 14.9. The number of carbonyl (C=O) groups is 1. The molecule has 6 heteroatoms. The molecule has 134 valence electrons. The highest BCUT2D eigenvalue weighted by atomic mass is 16.4. The number of amides is 2. The average molecular weight is 342 g/mol. The van der Waals surface area contributed by atoms with Gasteiger partial charge in [0.1, 0.15) is 0 Å². The van der Waals surface area contributed by atoms with E-state index in [1.54, 1.807) is 13.2 Å². The van der Waals surface area contributed by atoms with Gasteiger partial charge in [-0.2, -0.15) is 0 Å². The third-order valence-electron chi connectivity index (χ3n) is 4.70. The number of hydrogen-bond donors (Lipinski definition) is 2. The molecule has 0 saturated carbocycles. The summed E-state index contributed by atoms with van der Waals surface area (Å²) in [6, 6.07) is 8.43. The molecule has 2 N–H and O–H groups in total. The molecule has 1 aromatic heterocycles. The van der Waals surface area contributed by atoms with E-state index in [1.165, 1.54) is 18.4 Å². The lowest BCUT2D eigenvalue weighted by Gasteiger charge is -2.34. The van der Waals surface area contributed by atoms with E-state index in [4.69, 9.17) is 4.42 Å². The van der Waals surface area contributed by atoms with Gasteiger partial charge in [0.05, 0.1) is 12.7 Å². The van der Waals surface area contributed by atoms with Crippen molar-refractivity contribution < 1.29 is 9.21 Å². The number of rotatable bonds is 5. The first kappa shape index (κ1) is 17.5. The highest BCUT2D eigenvalue weighted by Crippen LogP contribution is 2.23. The van der Waals surface area contributed by atoms with Crippen LogP contribution >= 0.6 is 0 Å². The van der Waals surface area contributed by atoms with Gasteiger partial charge in [-0.15, -0.1) is 0 Å². The molecule has 2 amide bonds. The molecular weight excluding hydrogens is 316 g/mol. The van der Waals surface area contributed by atoms with Crippen LogP contribution in [0.15, 0.2) is 34.9 Å². The van der Waals surface area contributed by atoms with E-state index in [1.807, 2.05) is 0 Å². The molecule has 1 fully saturated rings. The number of nitrogens with zero attached hydrogens (tertiary/aromatic N) is 2. The number of carbonyl (C=O) groups excluding carboxylic acids is 1. The second-order valence-electron chi connectivity index (χ2n) is 6.56. The summed E-state index contributed by atoms with van der Waals surface area (Å²) in [5.41, 5.74) is 2.27. The van der Waals surface area contributed by atoms with Crippen LogP contribution in [0.5, 0.6) is 0 Å². The Morgan fingerprint density at radius 2 is 2.12 bits per heavy atom. The average Bonchev–Trinajstić information content (AvgIpc) is 3.10. The number of piperidine rings is 1. The maximum atomic E-state index is 11.4. The van der Waals surface area contributed by atoms with Crippen molar-refractivity contribution in [2.45, 2.75) is 38.8 Å². The minimum absolute atomic E-state index is 0.136. The molecule has 6 nitrogen and oxygen atoms in total. The topological polar surface area (TPSA) is 70.4 Å². The Balaban J connectivity index is 1.63. The molecule has 2 heterocycles. The van der Waals surface area contributed by atoms with Crippen molar-refractivity contribution in [3.63, 3.8) is 0 Å². The largest absolute Gasteiger partial charge is 0.439 e. The summed E-state index contributed by atoms with van der Waals surface area (Å²) in [5.74, 6) is 1.52. The van der Waals surface area contributed by atoms with Crippen LogP contribution in [-0.2, 0) is 6.54 Å². The number of benzene rings is 1. The zero-order valence-electron chi connectivity index (χ0n) is 14.9. The predicted octanol–water partition coefficient (Wildman–Crippen LogP) is 2.93. The third-order valence-corrected chi connectivity index (χ3v) is 4.70. The number of likely N-dealkylation sites (tertiary alicyclic amines) is 1. The highest BCUT2D eigenvalue weighted by molar-refractivity contribution is 5.73. The van der Waals surface area contributed by atoms with Gasteiger partial charge in [0.25, 0.3) is 0 Å². The smallest absolute Gasteiger partial charge is 0.314 e. The van der Waals surface area contributed by atoms with Crippen LogP contribution in [0.1, 0.15) is 30.7 Å². The van der Waals surface area contributed by atoms with Crippen molar-refractivity contribution in [1.29, 1.82) is 0 Å². The normalized spacial score (nSPS) is 18.1. The molecular formula is C19H26N4O2. The standard InChI is InChI=1S/C19H26N4O2/c1-14-6-8-15(9-7-14)17-12-21-18(25-17)13-23-10-4-3-5-16(23)11-22-19(24)20-2/h6-9,12,16H,3-5,10-11,13H2,1-2H3,(H2,20,22,24). The molecule has 0 spiro atoms. The van der Waals surface area contributed by atoms with Gasteiger partial charge >= 0.3 is 6.03 Å². The second-order valence-corrected chi connectivity index (χ2v) is 6.56. The molecule has 1 saturated heterocycles. The highest BCUT2D eigenvalue weighted by Gasteiger charge is 2.24. The molecule has 3 rings (SSSR count). The molecule has 0 radical (unpaired) electrons. The molecule has 1 aromatic carbocycles. The summed E-state index contributed by atoms with van der Waals surface area (Å²) in [6.07, 6.45) is 5.23. The first-order chi connectivity index (χ1) is 12.2. The second kappa shape index (κ2) is 8.16. The molecule has 2 aromatic rings. The van der Waals surface area contributed by atoms with Crippen LogP contribution in [0, 0.1) is 6.92 Å². The van der Waals surface area contributed by atoms with E-state index in [0.29, 0.717) is 19.1 Å². The van der Waals surface area contributed by atoms with Gasteiger partial charge in [-0.25, -0.2) is 9.78 Å². The van der Waals surface area contributed by atoms with E-state index in [2.05, 4.69) is 51.7 Å². The molecule has 1 unspecified atom stereocenters. The van der Waals surface area contributed by atoms with Crippen LogP contribution in [-0.4, -0.2) is 42.1 Å². The summed E-state index contributed by atoms with van der Waals surface area (Å²) in [6.45, 7) is 4.39. The van der Waals surface area contributed by atoms with Crippen molar-refractivity contribution in [1.82, 2.24) is 20.5 Å². The molecule has 25 heavy (non-hydrogen) atoms. The van der Waals surface area contributed by atoms with Gasteiger partial charge in [0.15, 0.2) is 5.76 Å². The van der Waals surface area contributed by atoms with Gasteiger partial charge in [-0.3, -0.25) is 4.90 Å². The zero-order chi connectivity index (χ0) is 17.6. The van der Waals surface area contributed by atoms with Crippen molar-refractivity contribution in [3.8, 4) is 11.3 Å². The van der Waals surface area contributed by atoms with E-state index in [0.717, 1.165) is 30.2 Å². The lowest BCUT2D eigenvalue weighted by atomic mass is 10.0. The van der Waals surface area contributed by atoms with E-state index < -0.39 is 0 Å². The van der Waals surface area contributed by atoms with Gasteiger partial charge in [0, 0.05) is 25.2 Å². The maximum absolute atomic E-state index is 11.4. The minimum atomic E-state index is -0.136. The van der Waals surface area contributed by atoms with Gasteiger partial charge in [-0.05, 0) is 26.3 Å². The van der Waals surface area contributed by atoms with Crippen LogP contribution in [0.3, 0.4) is 0 Å². The van der Waals surface area contributed by atoms with Crippen molar-refractivity contribution >= 4 is 6.03 Å². The Kier molecular flexibility index (Phi) is 5.71. The Morgan fingerprint density at radius 1 is 1.32 bits per heavy atom. The predicted molar refractivity (Wildman–Crippen MR) is 97.2 cm³/mol.